The van der Waals surface area contributed by atoms with Crippen LogP contribution in [0.4, 0.5) is 18.9 Å². The van der Waals surface area contributed by atoms with Gasteiger partial charge < -0.3 is 15.2 Å². The summed E-state index contributed by atoms with van der Waals surface area (Å²) in [5, 5.41) is 0. The molecule has 2 aromatic rings. The van der Waals surface area contributed by atoms with Crippen LogP contribution in [0.25, 0.3) is 0 Å². The summed E-state index contributed by atoms with van der Waals surface area (Å²) in [4.78, 5) is 0. The molecular weight excluding hydrogens is 351 g/mol. The molecular formula is C14H11BrF3NO2. The molecule has 0 aliphatic heterocycles. The van der Waals surface area contributed by atoms with Crippen LogP contribution in [-0.4, -0.2) is 7.11 Å². The van der Waals surface area contributed by atoms with Crippen molar-refractivity contribution in [1.29, 1.82) is 0 Å². The van der Waals surface area contributed by atoms with Crippen LogP contribution in [0.1, 0.15) is 5.56 Å². The van der Waals surface area contributed by atoms with Gasteiger partial charge in [0.25, 0.3) is 0 Å². The second-order valence-corrected chi connectivity index (χ2v) is 5.00. The van der Waals surface area contributed by atoms with Crippen molar-refractivity contribution in [3.8, 4) is 17.2 Å². The van der Waals surface area contributed by atoms with E-state index in [0.29, 0.717) is 17.2 Å². The van der Waals surface area contributed by atoms with Crippen LogP contribution < -0.4 is 15.2 Å². The van der Waals surface area contributed by atoms with Gasteiger partial charge in [0, 0.05) is 6.07 Å². The molecule has 0 unspecified atom stereocenters. The fourth-order valence-corrected chi connectivity index (χ4v) is 2.08. The third-order valence-corrected chi connectivity index (χ3v) is 3.32. The summed E-state index contributed by atoms with van der Waals surface area (Å²) in [6, 6.07) is 7.92. The molecule has 0 saturated heterocycles. The summed E-state index contributed by atoms with van der Waals surface area (Å²) in [6.07, 6.45) is -4.40. The molecule has 2 aromatic carbocycles. The van der Waals surface area contributed by atoms with Gasteiger partial charge >= 0.3 is 6.18 Å². The fraction of sp³-hybridized carbons (Fsp3) is 0.143. The highest BCUT2D eigenvalue weighted by Crippen LogP contribution is 2.38. The average molecular weight is 362 g/mol. The molecule has 0 aromatic heterocycles. The second-order valence-electron chi connectivity index (χ2n) is 4.15. The molecule has 0 spiro atoms. The zero-order chi connectivity index (χ0) is 15.6. The smallest absolute Gasteiger partial charge is 0.416 e. The van der Waals surface area contributed by atoms with Gasteiger partial charge in [-0.05, 0) is 46.3 Å². The molecule has 0 heterocycles. The number of hydrogen-bond acceptors (Lipinski definition) is 3. The number of halogens is 4. The Labute approximate surface area is 127 Å². The Morgan fingerprint density at radius 3 is 2.24 bits per heavy atom. The molecule has 2 rings (SSSR count). The topological polar surface area (TPSA) is 44.5 Å². The van der Waals surface area contributed by atoms with Crippen LogP contribution in [-0.2, 0) is 6.18 Å². The van der Waals surface area contributed by atoms with Crippen LogP contribution in [0, 0.1) is 0 Å². The van der Waals surface area contributed by atoms with Crippen LogP contribution >= 0.6 is 15.9 Å². The lowest BCUT2D eigenvalue weighted by molar-refractivity contribution is -0.137. The van der Waals surface area contributed by atoms with Gasteiger partial charge in [0.15, 0.2) is 5.75 Å². The van der Waals surface area contributed by atoms with E-state index in [1.807, 2.05) is 0 Å². The summed E-state index contributed by atoms with van der Waals surface area (Å²) < 4.78 is 48.4. The van der Waals surface area contributed by atoms with Gasteiger partial charge in [0.05, 0.1) is 22.8 Å². The lowest BCUT2D eigenvalue weighted by atomic mass is 10.2. The molecule has 0 saturated carbocycles. The Morgan fingerprint density at radius 1 is 1.05 bits per heavy atom. The Balaban J connectivity index is 2.28. The molecule has 0 aliphatic carbocycles. The standard InChI is InChI=1S/C14H11BrF3NO2/c1-20-9-3-5-13(11(19)7-9)21-12-4-2-8(6-10(12)15)14(16,17)18/h2-7H,19H2,1H3. The highest BCUT2D eigenvalue weighted by atomic mass is 79.9. The number of ether oxygens (including phenoxy) is 2. The van der Waals surface area contributed by atoms with Crippen molar-refractivity contribution in [2.24, 2.45) is 0 Å². The van der Waals surface area contributed by atoms with E-state index in [1.54, 1.807) is 18.2 Å². The molecule has 0 aliphatic rings. The summed E-state index contributed by atoms with van der Waals surface area (Å²) >= 11 is 3.06. The monoisotopic (exact) mass is 361 g/mol. The van der Waals surface area contributed by atoms with E-state index in [0.717, 1.165) is 12.1 Å². The lowest BCUT2D eigenvalue weighted by Gasteiger charge is -2.13. The number of rotatable bonds is 3. The van der Waals surface area contributed by atoms with Gasteiger partial charge in [0.2, 0.25) is 0 Å². The van der Waals surface area contributed by atoms with E-state index in [-0.39, 0.29) is 10.2 Å². The average Bonchev–Trinajstić information content (AvgIpc) is 2.41. The van der Waals surface area contributed by atoms with E-state index in [4.69, 9.17) is 15.2 Å². The maximum atomic E-state index is 12.6. The molecule has 0 fully saturated rings. The molecule has 21 heavy (non-hydrogen) atoms. The zero-order valence-electron chi connectivity index (χ0n) is 10.9. The first-order valence-corrected chi connectivity index (χ1v) is 6.58. The first-order valence-electron chi connectivity index (χ1n) is 5.79. The Kier molecular flexibility index (Phi) is 4.32. The van der Waals surface area contributed by atoms with Crippen LogP contribution in [0.2, 0.25) is 0 Å². The quantitative estimate of drug-likeness (QED) is 0.794. The summed E-state index contributed by atoms with van der Waals surface area (Å²) in [6.45, 7) is 0. The number of alkyl halides is 3. The second kappa shape index (κ2) is 5.85. The molecule has 112 valence electrons. The molecule has 2 N–H and O–H groups in total. The van der Waals surface area contributed by atoms with Crippen LogP contribution in [0.3, 0.4) is 0 Å². The third kappa shape index (κ3) is 3.60. The predicted octanol–water partition coefficient (Wildman–Crippen LogP) is 4.85. The maximum absolute atomic E-state index is 12.6. The van der Waals surface area contributed by atoms with E-state index < -0.39 is 11.7 Å². The maximum Gasteiger partial charge on any atom is 0.416 e. The van der Waals surface area contributed by atoms with Gasteiger partial charge in [-0.25, -0.2) is 0 Å². The van der Waals surface area contributed by atoms with Crippen molar-refractivity contribution >= 4 is 21.6 Å². The first kappa shape index (κ1) is 15.5. The Hall–Kier alpha value is -1.89. The molecule has 0 atom stereocenters. The minimum absolute atomic E-state index is 0.188. The van der Waals surface area contributed by atoms with Crippen molar-refractivity contribution in [2.45, 2.75) is 6.18 Å². The number of hydrogen-bond donors (Lipinski definition) is 1. The Bertz CT molecular complexity index is 659. The van der Waals surface area contributed by atoms with E-state index >= 15 is 0 Å². The van der Waals surface area contributed by atoms with Gasteiger partial charge in [-0.15, -0.1) is 0 Å². The third-order valence-electron chi connectivity index (χ3n) is 2.70. The number of methoxy groups -OCH3 is 1. The summed E-state index contributed by atoms with van der Waals surface area (Å²) in [5.74, 6) is 1.13. The van der Waals surface area contributed by atoms with Gasteiger partial charge in [-0.2, -0.15) is 13.2 Å². The molecule has 7 heteroatoms. The number of anilines is 1. The number of benzene rings is 2. The largest absolute Gasteiger partial charge is 0.497 e. The van der Waals surface area contributed by atoms with Gasteiger partial charge in [-0.3, -0.25) is 0 Å². The predicted molar refractivity (Wildman–Crippen MR) is 76.6 cm³/mol. The van der Waals surface area contributed by atoms with Crippen molar-refractivity contribution in [2.75, 3.05) is 12.8 Å². The minimum Gasteiger partial charge on any atom is -0.497 e. The zero-order valence-corrected chi connectivity index (χ0v) is 12.5. The van der Waals surface area contributed by atoms with Crippen LogP contribution in [0.5, 0.6) is 17.2 Å². The molecule has 3 nitrogen and oxygen atoms in total. The Morgan fingerprint density at radius 2 is 1.71 bits per heavy atom. The van der Waals surface area contributed by atoms with Crippen molar-refractivity contribution in [3.05, 3.63) is 46.4 Å². The number of nitrogen functional groups attached to an aromatic ring is 1. The van der Waals surface area contributed by atoms with Gasteiger partial charge in [0.1, 0.15) is 11.5 Å². The van der Waals surface area contributed by atoms with Gasteiger partial charge in [-0.1, -0.05) is 0 Å². The minimum atomic E-state index is -4.40. The molecule has 0 bridgehead atoms. The fourth-order valence-electron chi connectivity index (χ4n) is 1.62. The first-order chi connectivity index (χ1) is 9.81. The molecule has 0 amide bonds. The van der Waals surface area contributed by atoms with Crippen molar-refractivity contribution < 1.29 is 22.6 Å². The molecule has 0 radical (unpaired) electrons. The number of nitrogens with two attached hydrogens (primary N) is 1. The normalized spacial score (nSPS) is 11.3. The summed E-state index contributed by atoms with van der Waals surface area (Å²) in [5.41, 5.74) is 5.35. The van der Waals surface area contributed by atoms with Crippen LogP contribution in [0.15, 0.2) is 40.9 Å². The lowest BCUT2D eigenvalue weighted by Crippen LogP contribution is -2.04. The van der Waals surface area contributed by atoms with E-state index in [2.05, 4.69) is 15.9 Å². The SMILES string of the molecule is COc1ccc(Oc2ccc(C(F)(F)F)cc2Br)c(N)c1. The van der Waals surface area contributed by atoms with Crippen molar-refractivity contribution in [1.82, 2.24) is 0 Å². The summed E-state index contributed by atoms with van der Waals surface area (Å²) in [7, 11) is 1.50. The highest BCUT2D eigenvalue weighted by Gasteiger charge is 2.31. The van der Waals surface area contributed by atoms with E-state index in [1.165, 1.54) is 13.2 Å². The highest BCUT2D eigenvalue weighted by molar-refractivity contribution is 9.10. The van der Waals surface area contributed by atoms with E-state index in [9.17, 15) is 13.2 Å². The van der Waals surface area contributed by atoms with Crippen molar-refractivity contribution in [3.63, 3.8) is 0 Å².